The Hall–Kier alpha value is -1.66. The number of hydrogen-bond acceptors (Lipinski definition) is 3. The molecule has 1 heterocycles. The van der Waals surface area contributed by atoms with Gasteiger partial charge in [-0.3, -0.25) is 0 Å². The van der Waals surface area contributed by atoms with E-state index in [-0.39, 0.29) is 0 Å². The predicted molar refractivity (Wildman–Crippen MR) is 61.7 cm³/mol. The Kier molecular flexibility index (Phi) is 2.53. The van der Waals surface area contributed by atoms with Crippen LogP contribution in [-0.2, 0) is 0 Å². The second kappa shape index (κ2) is 3.84. The normalized spacial score (nSPS) is 9.93. The highest BCUT2D eigenvalue weighted by molar-refractivity contribution is 7.12. The maximum atomic E-state index is 8.97. The number of rotatable bonds is 1. The van der Waals surface area contributed by atoms with Crippen LogP contribution in [0.5, 0.6) is 0 Å². The Labute approximate surface area is 92.8 Å². The molecule has 0 atom stereocenters. The molecule has 0 unspecified atom stereocenters. The minimum Gasteiger partial charge on any atom is -0.240 e. The van der Waals surface area contributed by atoms with E-state index in [0.717, 1.165) is 16.3 Å². The van der Waals surface area contributed by atoms with E-state index in [2.05, 4.69) is 11.1 Å². The molecule has 1 aromatic heterocycles. The number of nitrogens with zero attached hydrogens (tertiary/aromatic N) is 2. The molecule has 1 aromatic carbocycles. The number of aromatic nitrogens is 1. The lowest BCUT2D eigenvalue weighted by atomic mass is 10.1. The first kappa shape index (κ1) is 9.88. The van der Waals surface area contributed by atoms with Gasteiger partial charge in [-0.25, -0.2) is 4.98 Å². The Morgan fingerprint density at radius 1 is 1.20 bits per heavy atom. The minimum absolute atomic E-state index is 0.691. The second-order valence-electron chi connectivity index (χ2n) is 3.39. The third-order valence-electron chi connectivity index (χ3n) is 2.16. The van der Waals surface area contributed by atoms with E-state index >= 15 is 0 Å². The van der Waals surface area contributed by atoms with Crippen LogP contribution in [0.1, 0.15) is 15.4 Å². The number of benzene rings is 1. The van der Waals surface area contributed by atoms with Gasteiger partial charge in [0.1, 0.15) is 10.9 Å². The fourth-order valence-corrected chi connectivity index (χ4v) is 2.15. The molecule has 0 bridgehead atoms. The van der Waals surface area contributed by atoms with Gasteiger partial charge in [-0.15, -0.1) is 11.3 Å². The molecule has 0 aliphatic rings. The molecular weight excluding hydrogens is 204 g/mol. The maximum absolute atomic E-state index is 8.97. The van der Waals surface area contributed by atoms with Crippen LogP contribution in [0.4, 0.5) is 0 Å². The molecule has 2 nitrogen and oxygen atoms in total. The van der Waals surface area contributed by atoms with Crippen LogP contribution < -0.4 is 0 Å². The van der Waals surface area contributed by atoms with E-state index in [9.17, 15) is 0 Å². The zero-order valence-electron chi connectivity index (χ0n) is 8.61. The van der Waals surface area contributed by atoms with E-state index in [1.807, 2.05) is 38.1 Å². The molecule has 2 aromatic rings. The van der Waals surface area contributed by atoms with Crippen LogP contribution >= 0.6 is 11.3 Å². The Morgan fingerprint density at radius 2 is 1.87 bits per heavy atom. The summed E-state index contributed by atoms with van der Waals surface area (Å²) in [7, 11) is 0. The molecule has 2 rings (SSSR count). The van der Waals surface area contributed by atoms with Crippen LogP contribution in [0.25, 0.3) is 11.3 Å². The first-order valence-electron chi connectivity index (χ1n) is 4.65. The first-order valence-corrected chi connectivity index (χ1v) is 5.47. The summed E-state index contributed by atoms with van der Waals surface area (Å²) in [5.41, 5.74) is 3.03. The van der Waals surface area contributed by atoms with E-state index < -0.39 is 0 Å². The van der Waals surface area contributed by atoms with Gasteiger partial charge in [-0.2, -0.15) is 5.26 Å². The Bertz CT molecular complexity index is 518. The minimum atomic E-state index is 0.691. The van der Waals surface area contributed by atoms with Crippen molar-refractivity contribution in [3.8, 4) is 17.3 Å². The summed E-state index contributed by atoms with van der Waals surface area (Å²) < 4.78 is 0. The third kappa shape index (κ3) is 1.90. The number of nitriles is 1. The van der Waals surface area contributed by atoms with Crippen molar-refractivity contribution in [2.45, 2.75) is 13.8 Å². The van der Waals surface area contributed by atoms with Gasteiger partial charge in [0.25, 0.3) is 0 Å². The standard InChI is InChI=1S/C12H10N2S/c1-8-3-5-10(6-4-8)12-11(7-13)15-9(2)14-12/h3-6H,1-2H3. The number of hydrogen-bond donors (Lipinski definition) is 0. The molecule has 0 amide bonds. The average Bonchev–Trinajstić information content (AvgIpc) is 2.61. The zero-order valence-corrected chi connectivity index (χ0v) is 9.43. The summed E-state index contributed by atoms with van der Waals surface area (Å²) in [6, 6.07) is 10.3. The van der Waals surface area contributed by atoms with Gasteiger partial charge in [0.2, 0.25) is 0 Å². The summed E-state index contributed by atoms with van der Waals surface area (Å²) in [5.74, 6) is 0. The summed E-state index contributed by atoms with van der Waals surface area (Å²) in [5, 5.41) is 9.90. The van der Waals surface area contributed by atoms with Gasteiger partial charge in [-0.1, -0.05) is 29.8 Å². The van der Waals surface area contributed by atoms with Gasteiger partial charge >= 0.3 is 0 Å². The molecule has 0 spiro atoms. The van der Waals surface area contributed by atoms with Gasteiger partial charge in [0.15, 0.2) is 0 Å². The van der Waals surface area contributed by atoms with Crippen molar-refractivity contribution >= 4 is 11.3 Å². The van der Waals surface area contributed by atoms with Crippen molar-refractivity contribution in [2.75, 3.05) is 0 Å². The SMILES string of the molecule is Cc1ccc(-c2nc(C)sc2C#N)cc1. The van der Waals surface area contributed by atoms with Crippen molar-refractivity contribution < 1.29 is 0 Å². The molecule has 3 heteroatoms. The molecule has 0 saturated carbocycles. The van der Waals surface area contributed by atoms with Crippen LogP contribution in [0, 0.1) is 25.2 Å². The Balaban J connectivity index is 2.54. The van der Waals surface area contributed by atoms with Crippen LogP contribution in [0.15, 0.2) is 24.3 Å². The summed E-state index contributed by atoms with van der Waals surface area (Å²) in [4.78, 5) is 5.07. The summed E-state index contributed by atoms with van der Waals surface area (Å²) in [6.07, 6.45) is 0. The smallest absolute Gasteiger partial charge is 0.132 e. The molecular formula is C12H10N2S. The van der Waals surface area contributed by atoms with Gasteiger partial charge in [0.05, 0.1) is 10.7 Å². The largest absolute Gasteiger partial charge is 0.240 e. The number of aryl methyl sites for hydroxylation is 2. The molecule has 0 radical (unpaired) electrons. The lowest BCUT2D eigenvalue weighted by Crippen LogP contribution is -1.81. The maximum Gasteiger partial charge on any atom is 0.132 e. The highest BCUT2D eigenvalue weighted by Gasteiger charge is 2.09. The van der Waals surface area contributed by atoms with Crippen molar-refractivity contribution in [3.05, 3.63) is 39.7 Å². The zero-order chi connectivity index (χ0) is 10.8. The summed E-state index contributed by atoms with van der Waals surface area (Å²) >= 11 is 1.44. The predicted octanol–water partition coefficient (Wildman–Crippen LogP) is 3.30. The van der Waals surface area contributed by atoms with Crippen LogP contribution in [0.2, 0.25) is 0 Å². The lowest BCUT2D eigenvalue weighted by Gasteiger charge is -1.97. The van der Waals surface area contributed by atoms with Crippen molar-refractivity contribution in [1.29, 1.82) is 5.26 Å². The first-order chi connectivity index (χ1) is 7.20. The van der Waals surface area contributed by atoms with E-state index in [0.29, 0.717) is 4.88 Å². The van der Waals surface area contributed by atoms with Crippen LogP contribution in [0.3, 0.4) is 0 Å². The fourth-order valence-electron chi connectivity index (χ4n) is 1.41. The second-order valence-corrected chi connectivity index (χ2v) is 4.59. The van der Waals surface area contributed by atoms with Crippen molar-refractivity contribution in [3.63, 3.8) is 0 Å². The summed E-state index contributed by atoms with van der Waals surface area (Å²) in [6.45, 7) is 3.96. The third-order valence-corrected chi connectivity index (χ3v) is 3.04. The Morgan fingerprint density at radius 3 is 2.47 bits per heavy atom. The monoisotopic (exact) mass is 214 g/mol. The van der Waals surface area contributed by atoms with Gasteiger partial charge in [0, 0.05) is 5.56 Å². The van der Waals surface area contributed by atoms with E-state index in [1.54, 1.807) is 0 Å². The van der Waals surface area contributed by atoms with E-state index in [1.165, 1.54) is 16.9 Å². The topological polar surface area (TPSA) is 36.7 Å². The van der Waals surface area contributed by atoms with Crippen molar-refractivity contribution in [2.24, 2.45) is 0 Å². The fraction of sp³-hybridized carbons (Fsp3) is 0.167. The molecule has 74 valence electrons. The highest BCUT2D eigenvalue weighted by Crippen LogP contribution is 2.27. The average molecular weight is 214 g/mol. The lowest BCUT2D eigenvalue weighted by molar-refractivity contribution is 1.29. The molecule has 0 aliphatic carbocycles. The quantitative estimate of drug-likeness (QED) is 0.730. The molecule has 15 heavy (non-hydrogen) atoms. The molecule has 0 aliphatic heterocycles. The molecule has 0 saturated heterocycles. The highest BCUT2D eigenvalue weighted by atomic mass is 32.1. The van der Waals surface area contributed by atoms with E-state index in [4.69, 9.17) is 5.26 Å². The van der Waals surface area contributed by atoms with Gasteiger partial charge in [-0.05, 0) is 13.8 Å². The molecule has 0 fully saturated rings. The molecule has 0 N–H and O–H groups in total. The van der Waals surface area contributed by atoms with Gasteiger partial charge < -0.3 is 0 Å². The number of thiazole rings is 1. The van der Waals surface area contributed by atoms with Crippen LogP contribution in [-0.4, -0.2) is 4.98 Å². The van der Waals surface area contributed by atoms with Crippen molar-refractivity contribution in [1.82, 2.24) is 4.98 Å².